The number of tetrazole rings is 1. The van der Waals surface area contributed by atoms with Gasteiger partial charge in [0.05, 0.1) is 10.9 Å². The topological polar surface area (TPSA) is 80.9 Å². The normalized spacial score (nSPS) is 12.3. The lowest BCUT2D eigenvalue weighted by atomic mass is 10.1. The summed E-state index contributed by atoms with van der Waals surface area (Å²) in [4.78, 5) is 10.8. The molecule has 2 aromatic rings. The van der Waals surface area contributed by atoms with E-state index in [9.17, 15) is 4.79 Å². The van der Waals surface area contributed by atoms with Crippen molar-refractivity contribution in [2.45, 2.75) is 19.9 Å². The van der Waals surface area contributed by atoms with Crippen LogP contribution >= 0.6 is 27.5 Å². The standard InChI is InChI=1S/C12H12BrClN4O2/c1-7(12(19)20)4-5-18-11(15-16-17-18)8-2-3-10(14)9(13)6-8/h2-3,6-7H,4-5H2,1H3,(H,19,20). The van der Waals surface area contributed by atoms with Crippen molar-refractivity contribution < 1.29 is 9.90 Å². The summed E-state index contributed by atoms with van der Waals surface area (Å²) in [6.07, 6.45) is 0.460. The number of carbonyl (C=O) groups is 1. The van der Waals surface area contributed by atoms with Crippen molar-refractivity contribution in [2.24, 2.45) is 5.92 Å². The Labute approximate surface area is 128 Å². The van der Waals surface area contributed by atoms with E-state index in [1.807, 2.05) is 12.1 Å². The van der Waals surface area contributed by atoms with Gasteiger partial charge < -0.3 is 5.11 Å². The van der Waals surface area contributed by atoms with Crippen LogP contribution in [0.3, 0.4) is 0 Å². The average Bonchev–Trinajstić information content (AvgIpc) is 2.87. The van der Waals surface area contributed by atoms with Crippen molar-refractivity contribution in [2.75, 3.05) is 0 Å². The molecular weight excluding hydrogens is 348 g/mol. The van der Waals surface area contributed by atoms with Gasteiger partial charge in [0.25, 0.3) is 0 Å². The van der Waals surface area contributed by atoms with Crippen LogP contribution in [-0.2, 0) is 11.3 Å². The Morgan fingerprint density at radius 2 is 2.30 bits per heavy atom. The molecule has 0 saturated heterocycles. The minimum atomic E-state index is -0.825. The summed E-state index contributed by atoms with van der Waals surface area (Å²) in [6, 6.07) is 5.39. The predicted octanol–water partition coefficient (Wildman–Crippen LogP) is 2.87. The van der Waals surface area contributed by atoms with Gasteiger partial charge in [-0.15, -0.1) is 5.10 Å². The first-order valence-corrected chi connectivity index (χ1v) is 7.10. The van der Waals surface area contributed by atoms with Crippen LogP contribution in [0.4, 0.5) is 0 Å². The van der Waals surface area contributed by atoms with E-state index in [-0.39, 0.29) is 0 Å². The van der Waals surface area contributed by atoms with Gasteiger partial charge in [0.15, 0.2) is 5.82 Å². The first-order chi connectivity index (χ1) is 9.49. The number of hydrogen-bond acceptors (Lipinski definition) is 4. The summed E-state index contributed by atoms with van der Waals surface area (Å²) in [6.45, 7) is 2.10. The fourth-order valence-electron chi connectivity index (χ4n) is 1.64. The summed E-state index contributed by atoms with van der Waals surface area (Å²) in [5, 5.41) is 21.0. The quantitative estimate of drug-likeness (QED) is 0.888. The van der Waals surface area contributed by atoms with E-state index in [0.717, 1.165) is 10.0 Å². The number of rotatable bonds is 5. The average molecular weight is 360 g/mol. The molecule has 1 N–H and O–H groups in total. The van der Waals surface area contributed by atoms with Crippen molar-refractivity contribution >= 4 is 33.5 Å². The van der Waals surface area contributed by atoms with Gasteiger partial charge >= 0.3 is 5.97 Å². The zero-order chi connectivity index (χ0) is 14.7. The molecule has 1 aromatic heterocycles. The molecule has 106 valence electrons. The van der Waals surface area contributed by atoms with Gasteiger partial charge in [0.2, 0.25) is 0 Å². The highest BCUT2D eigenvalue weighted by Crippen LogP contribution is 2.27. The highest BCUT2D eigenvalue weighted by atomic mass is 79.9. The van der Waals surface area contributed by atoms with E-state index in [1.165, 1.54) is 0 Å². The Kier molecular flexibility index (Phi) is 4.72. The molecule has 0 spiro atoms. The summed E-state index contributed by atoms with van der Waals surface area (Å²) >= 11 is 9.30. The summed E-state index contributed by atoms with van der Waals surface area (Å²) in [5.74, 6) is -0.683. The van der Waals surface area contributed by atoms with Crippen molar-refractivity contribution in [3.8, 4) is 11.4 Å². The molecule has 8 heteroatoms. The molecule has 0 aliphatic rings. The highest BCUT2D eigenvalue weighted by molar-refractivity contribution is 9.10. The SMILES string of the molecule is CC(CCn1nnnc1-c1ccc(Cl)c(Br)c1)C(=O)O. The van der Waals surface area contributed by atoms with Crippen LogP contribution in [0, 0.1) is 5.92 Å². The molecule has 1 heterocycles. The van der Waals surface area contributed by atoms with Crippen LogP contribution in [-0.4, -0.2) is 31.3 Å². The molecule has 0 radical (unpaired) electrons. The van der Waals surface area contributed by atoms with Gasteiger partial charge in [-0.3, -0.25) is 4.79 Å². The Morgan fingerprint density at radius 1 is 1.55 bits per heavy atom. The second kappa shape index (κ2) is 6.32. The maximum Gasteiger partial charge on any atom is 0.306 e. The first kappa shape index (κ1) is 14.9. The number of aliphatic carboxylic acids is 1. The highest BCUT2D eigenvalue weighted by Gasteiger charge is 2.14. The lowest BCUT2D eigenvalue weighted by molar-refractivity contribution is -0.141. The fraction of sp³-hybridized carbons (Fsp3) is 0.333. The molecule has 0 bridgehead atoms. The number of benzene rings is 1. The third-order valence-corrected chi connectivity index (χ3v) is 4.12. The lowest BCUT2D eigenvalue weighted by Gasteiger charge is -2.08. The molecule has 0 aliphatic carbocycles. The molecule has 0 amide bonds. The van der Waals surface area contributed by atoms with Crippen LogP contribution < -0.4 is 0 Å². The number of carboxylic acid groups (broad SMARTS) is 1. The van der Waals surface area contributed by atoms with Gasteiger partial charge in [-0.05, 0) is 51.0 Å². The molecule has 0 saturated carbocycles. The monoisotopic (exact) mass is 358 g/mol. The van der Waals surface area contributed by atoms with E-state index >= 15 is 0 Å². The number of hydrogen-bond donors (Lipinski definition) is 1. The van der Waals surface area contributed by atoms with Gasteiger partial charge in [-0.25, -0.2) is 4.68 Å². The summed E-state index contributed by atoms with van der Waals surface area (Å²) < 4.78 is 2.35. The van der Waals surface area contributed by atoms with E-state index in [4.69, 9.17) is 16.7 Å². The second-order valence-electron chi connectivity index (χ2n) is 4.38. The van der Waals surface area contributed by atoms with Gasteiger partial charge in [-0.1, -0.05) is 18.5 Å². The van der Waals surface area contributed by atoms with Crippen molar-refractivity contribution in [1.82, 2.24) is 20.2 Å². The molecule has 0 aliphatic heterocycles. The number of nitrogens with zero attached hydrogens (tertiary/aromatic N) is 4. The molecule has 6 nitrogen and oxygen atoms in total. The molecule has 1 aromatic carbocycles. The second-order valence-corrected chi connectivity index (χ2v) is 5.64. The predicted molar refractivity (Wildman–Crippen MR) is 77.4 cm³/mol. The van der Waals surface area contributed by atoms with Crippen molar-refractivity contribution in [3.05, 3.63) is 27.7 Å². The molecule has 2 rings (SSSR count). The maximum atomic E-state index is 10.8. The van der Waals surface area contributed by atoms with Gasteiger partial charge in [-0.2, -0.15) is 0 Å². The third kappa shape index (κ3) is 3.34. The van der Waals surface area contributed by atoms with Crippen LogP contribution in [0.25, 0.3) is 11.4 Å². The van der Waals surface area contributed by atoms with E-state index in [0.29, 0.717) is 23.8 Å². The number of aromatic nitrogens is 4. The van der Waals surface area contributed by atoms with Crippen LogP contribution in [0.2, 0.25) is 5.02 Å². The zero-order valence-electron chi connectivity index (χ0n) is 10.6. The number of aryl methyl sites for hydroxylation is 1. The minimum Gasteiger partial charge on any atom is -0.481 e. The van der Waals surface area contributed by atoms with Crippen LogP contribution in [0.15, 0.2) is 22.7 Å². The number of carboxylic acids is 1. The molecule has 20 heavy (non-hydrogen) atoms. The Hall–Kier alpha value is -1.47. The van der Waals surface area contributed by atoms with Crippen molar-refractivity contribution in [1.29, 1.82) is 0 Å². The smallest absolute Gasteiger partial charge is 0.306 e. The van der Waals surface area contributed by atoms with E-state index in [1.54, 1.807) is 17.7 Å². The molecule has 1 atom stereocenters. The maximum absolute atomic E-state index is 10.8. The summed E-state index contributed by atoms with van der Waals surface area (Å²) in [5.41, 5.74) is 0.814. The molecular formula is C12H12BrClN4O2. The number of halogens is 2. The molecule has 1 unspecified atom stereocenters. The van der Waals surface area contributed by atoms with Crippen LogP contribution in [0.1, 0.15) is 13.3 Å². The lowest BCUT2D eigenvalue weighted by Crippen LogP contribution is -2.14. The summed E-state index contributed by atoms with van der Waals surface area (Å²) in [7, 11) is 0. The van der Waals surface area contributed by atoms with Gasteiger partial charge in [0.1, 0.15) is 0 Å². The Morgan fingerprint density at radius 3 is 2.95 bits per heavy atom. The first-order valence-electron chi connectivity index (χ1n) is 5.93. The van der Waals surface area contributed by atoms with E-state index < -0.39 is 11.9 Å². The zero-order valence-corrected chi connectivity index (χ0v) is 13.0. The Balaban J connectivity index is 2.19. The van der Waals surface area contributed by atoms with Crippen LogP contribution in [0.5, 0.6) is 0 Å². The fourth-order valence-corrected chi connectivity index (χ4v) is 2.13. The largest absolute Gasteiger partial charge is 0.481 e. The molecule has 0 fully saturated rings. The van der Waals surface area contributed by atoms with E-state index in [2.05, 4.69) is 31.5 Å². The van der Waals surface area contributed by atoms with Gasteiger partial charge in [0, 0.05) is 16.6 Å². The minimum absolute atomic E-state index is 0.441. The Bertz CT molecular complexity index is 632. The third-order valence-electron chi connectivity index (χ3n) is 2.91. The van der Waals surface area contributed by atoms with Crippen molar-refractivity contribution in [3.63, 3.8) is 0 Å².